The second-order valence-electron chi connectivity index (χ2n) is 4.60. The van der Waals surface area contributed by atoms with Crippen LogP contribution >= 0.6 is 12.2 Å². The van der Waals surface area contributed by atoms with Gasteiger partial charge in [0.05, 0.1) is 10.5 Å². The van der Waals surface area contributed by atoms with Crippen LogP contribution in [-0.2, 0) is 0 Å². The first kappa shape index (κ1) is 11.4. The predicted octanol–water partition coefficient (Wildman–Crippen LogP) is 3.54. The Hall–Kier alpha value is -1.74. The molecule has 3 heteroatoms. The quantitative estimate of drug-likeness (QED) is 0.830. The van der Waals surface area contributed by atoms with E-state index in [4.69, 9.17) is 12.2 Å². The minimum Gasteiger partial charge on any atom is -0.356 e. The number of nitrogens with one attached hydrogen (secondary N) is 1. The van der Waals surface area contributed by atoms with Crippen LogP contribution in [0, 0.1) is 0 Å². The van der Waals surface area contributed by atoms with Gasteiger partial charge in [-0.2, -0.15) is 0 Å². The van der Waals surface area contributed by atoms with Gasteiger partial charge in [0.1, 0.15) is 0 Å². The van der Waals surface area contributed by atoms with Crippen LogP contribution < -0.4 is 5.32 Å². The lowest BCUT2D eigenvalue weighted by Crippen LogP contribution is -2.06. The van der Waals surface area contributed by atoms with E-state index in [1.54, 1.807) is 0 Å². The first-order valence-corrected chi connectivity index (χ1v) is 6.48. The molecule has 2 nitrogen and oxygen atoms in total. The number of nitrogens with zero attached hydrogens (tertiary/aromatic N) is 1. The molecule has 1 aliphatic heterocycles. The smallest absolute Gasteiger partial charge is 0.0834 e. The Bertz CT molecular complexity index is 640. The summed E-state index contributed by atoms with van der Waals surface area (Å²) in [4.78, 5) is 5.32. The van der Waals surface area contributed by atoms with E-state index in [0.717, 1.165) is 16.9 Å². The molecule has 1 aromatic heterocycles. The highest BCUT2D eigenvalue weighted by molar-refractivity contribution is 7.80. The second kappa shape index (κ2) is 4.50. The first-order chi connectivity index (χ1) is 8.75. The highest BCUT2D eigenvalue weighted by atomic mass is 32.1. The SMILES string of the molecule is C[C@H](C1=CNC(=S)C1)c1cccc2ncccc12. The Morgan fingerprint density at radius 1 is 1.28 bits per heavy atom. The molecular formula is C15H14N2S. The van der Waals surface area contributed by atoms with Crippen LogP contribution in [0.15, 0.2) is 48.3 Å². The summed E-state index contributed by atoms with van der Waals surface area (Å²) in [5, 5.41) is 4.35. The maximum atomic E-state index is 5.19. The lowest BCUT2D eigenvalue weighted by molar-refractivity contribution is 0.889. The fraction of sp³-hybridized carbons (Fsp3) is 0.200. The molecule has 3 rings (SSSR count). The van der Waals surface area contributed by atoms with Crippen LogP contribution in [-0.4, -0.2) is 9.97 Å². The molecule has 1 aliphatic rings. The van der Waals surface area contributed by atoms with Gasteiger partial charge in [0.15, 0.2) is 0 Å². The molecule has 0 amide bonds. The zero-order valence-electron chi connectivity index (χ0n) is 10.2. The number of benzene rings is 1. The van der Waals surface area contributed by atoms with Gasteiger partial charge < -0.3 is 5.32 Å². The van der Waals surface area contributed by atoms with Gasteiger partial charge >= 0.3 is 0 Å². The highest BCUT2D eigenvalue weighted by Crippen LogP contribution is 2.32. The van der Waals surface area contributed by atoms with Crippen LogP contribution in [0.2, 0.25) is 0 Å². The van der Waals surface area contributed by atoms with Crippen molar-refractivity contribution < 1.29 is 0 Å². The summed E-state index contributed by atoms with van der Waals surface area (Å²) in [6, 6.07) is 10.4. The molecule has 90 valence electrons. The minimum atomic E-state index is 0.367. The molecule has 2 heterocycles. The Kier molecular flexibility index (Phi) is 2.84. The Morgan fingerprint density at radius 2 is 2.17 bits per heavy atom. The summed E-state index contributed by atoms with van der Waals surface area (Å²) in [6.07, 6.45) is 4.75. The van der Waals surface area contributed by atoms with Crippen molar-refractivity contribution in [3.05, 3.63) is 53.9 Å². The monoisotopic (exact) mass is 254 g/mol. The van der Waals surface area contributed by atoms with Gasteiger partial charge in [-0.3, -0.25) is 4.98 Å². The lowest BCUT2D eigenvalue weighted by atomic mass is 9.90. The Balaban J connectivity index is 2.06. The van der Waals surface area contributed by atoms with Gasteiger partial charge in [0.2, 0.25) is 0 Å². The average molecular weight is 254 g/mol. The predicted molar refractivity (Wildman–Crippen MR) is 78.6 cm³/mol. The maximum Gasteiger partial charge on any atom is 0.0834 e. The van der Waals surface area contributed by atoms with Crippen molar-refractivity contribution in [2.75, 3.05) is 0 Å². The van der Waals surface area contributed by atoms with Gasteiger partial charge in [-0.15, -0.1) is 0 Å². The molecule has 1 atom stereocenters. The normalized spacial score (nSPS) is 16.5. The molecule has 0 spiro atoms. The zero-order chi connectivity index (χ0) is 12.5. The maximum absolute atomic E-state index is 5.19. The van der Waals surface area contributed by atoms with Crippen LogP contribution in [0.3, 0.4) is 0 Å². The highest BCUT2D eigenvalue weighted by Gasteiger charge is 2.18. The van der Waals surface area contributed by atoms with Crippen LogP contribution in [0.25, 0.3) is 10.9 Å². The molecular weight excluding hydrogens is 240 g/mol. The molecule has 0 saturated heterocycles. The van der Waals surface area contributed by atoms with E-state index in [-0.39, 0.29) is 0 Å². The lowest BCUT2D eigenvalue weighted by Gasteiger charge is -2.15. The third-order valence-corrected chi connectivity index (χ3v) is 3.75. The number of fused-ring (bicyclic) bond motifs is 1. The van der Waals surface area contributed by atoms with Crippen LogP contribution in [0.1, 0.15) is 24.8 Å². The first-order valence-electron chi connectivity index (χ1n) is 6.07. The van der Waals surface area contributed by atoms with Crippen LogP contribution in [0.4, 0.5) is 0 Å². The molecule has 0 unspecified atom stereocenters. The number of hydrogen-bond acceptors (Lipinski definition) is 2. The Morgan fingerprint density at radius 3 is 2.94 bits per heavy atom. The summed E-state index contributed by atoms with van der Waals surface area (Å²) < 4.78 is 0. The van der Waals surface area contributed by atoms with Gasteiger partial charge in [0, 0.05) is 30.1 Å². The van der Waals surface area contributed by atoms with Crippen molar-refractivity contribution in [1.29, 1.82) is 0 Å². The summed E-state index contributed by atoms with van der Waals surface area (Å²) in [5.74, 6) is 0.367. The molecule has 0 radical (unpaired) electrons. The molecule has 2 aromatic rings. The summed E-state index contributed by atoms with van der Waals surface area (Å²) in [5.41, 5.74) is 3.71. The number of thiocarbonyl (C=S) groups is 1. The van der Waals surface area contributed by atoms with E-state index in [2.05, 4.69) is 41.5 Å². The fourth-order valence-corrected chi connectivity index (χ4v) is 2.67. The fourth-order valence-electron chi connectivity index (χ4n) is 2.44. The largest absolute Gasteiger partial charge is 0.356 e. The summed E-state index contributed by atoms with van der Waals surface area (Å²) >= 11 is 5.19. The minimum absolute atomic E-state index is 0.367. The van der Waals surface area contributed by atoms with E-state index in [1.165, 1.54) is 16.5 Å². The van der Waals surface area contributed by atoms with Crippen molar-refractivity contribution in [2.45, 2.75) is 19.3 Å². The summed E-state index contributed by atoms with van der Waals surface area (Å²) in [7, 11) is 0. The third kappa shape index (κ3) is 1.91. The third-order valence-electron chi connectivity index (χ3n) is 3.49. The standard InChI is InChI=1S/C15H14N2S/c1-10(11-8-15(18)17-9-11)12-4-2-6-14-13(12)5-3-7-16-14/h2-7,9-10H,8H2,1H3,(H,17,18)/t10-/m1/s1. The Labute approximate surface area is 112 Å². The van der Waals surface area contributed by atoms with Crippen molar-refractivity contribution in [3.8, 4) is 0 Å². The number of aromatic nitrogens is 1. The van der Waals surface area contributed by atoms with Crippen molar-refractivity contribution >= 4 is 28.1 Å². The molecule has 0 aliphatic carbocycles. The zero-order valence-corrected chi connectivity index (χ0v) is 11.0. The van der Waals surface area contributed by atoms with Gasteiger partial charge in [0.25, 0.3) is 0 Å². The molecule has 0 fully saturated rings. The molecule has 1 N–H and O–H groups in total. The van der Waals surface area contributed by atoms with E-state index < -0.39 is 0 Å². The van der Waals surface area contributed by atoms with E-state index in [0.29, 0.717) is 5.92 Å². The van der Waals surface area contributed by atoms with E-state index >= 15 is 0 Å². The number of hydrogen-bond donors (Lipinski definition) is 1. The van der Waals surface area contributed by atoms with Gasteiger partial charge in [-0.05, 0) is 23.3 Å². The van der Waals surface area contributed by atoms with E-state index in [1.807, 2.05) is 18.5 Å². The van der Waals surface area contributed by atoms with Gasteiger partial charge in [-0.25, -0.2) is 0 Å². The summed E-state index contributed by atoms with van der Waals surface area (Å²) in [6.45, 7) is 2.23. The number of pyridine rings is 1. The molecule has 1 aromatic carbocycles. The van der Waals surface area contributed by atoms with E-state index in [9.17, 15) is 0 Å². The van der Waals surface area contributed by atoms with Crippen molar-refractivity contribution in [1.82, 2.24) is 10.3 Å². The second-order valence-corrected chi connectivity index (χ2v) is 5.10. The molecule has 18 heavy (non-hydrogen) atoms. The topological polar surface area (TPSA) is 24.9 Å². The van der Waals surface area contributed by atoms with Crippen LogP contribution in [0.5, 0.6) is 0 Å². The van der Waals surface area contributed by atoms with Crippen molar-refractivity contribution in [3.63, 3.8) is 0 Å². The average Bonchev–Trinajstić information content (AvgIpc) is 2.84. The van der Waals surface area contributed by atoms with Crippen molar-refractivity contribution in [2.24, 2.45) is 0 Å². The molecule has 0 bridgehead atoms. The molecule has 0 saturated carbocycles. The number of rotatable bonds is 2. The van der Waals surface area contributed by atoms with Gasteiger partial charge in [-0.1, -0.05) is 37.3 Å².